The van der Waals surface area contributed by atoms with Crippen LogP contribution in [0.4, 0.5) is 10.2 Å². The van der Waals surface area contributed by atoms with E-state index in [1.165, 1.54) is 17.0 Å². The van der Waals surface area contributed by atoms with E-state index >= 15 is 0 Å². The van der Waals surface area contributed by atoms with Gasteiger partial charge in [0.2, 0.25) is 0 Å². The highest BCUT2D eigenvalue weighted by atomic mass is 32.1. The minimum atomic E-state index is -0.231. The molecule has 0 amide bonds. The molecule has 1 atom stereocenters. The summed E-state index contributed by atoms with van der Waals surface area (Å²) in [7, 11) is 1.64. The van der Waals surface area contributed by atoms with Crippen molar-refractivity contribution >= 4 is 17.2 Å². The van der Waals surface area contributed by atoms with E-state index in [0.717, 1.165) is 47.0 Å². The lowest BCUT2D eigenvalue weighted by molar-refractivity contribution is 0.177. The largest absolute Gasteiger partial charge is 0.377 e. The molecule has 0 fully saturated rings. The Hall–Kier alpha value is -2.38. The van der Waals surface area contributed by atoms with E-state index in [2.05, 4.69) is 15.3 Å². The molecular formula is C20H21FN4OS. The number of nitrogens with one attached hydrogen (secondary N) is 1. The molecule has 0 saturated carbocycles. The Morgan fingerprint density at radius 3 is 2.81 bits per heavy atom. The van der Waals surface area contributed by atoms with Gasteiger partial charge in [0.1, 0.15) is 23.2 Å². The van der Waals surface area contributed by atoms with Crippen LogP contribution in [0, 0.1) is 12.7 Å². The second-order valence-electron chi connectivity index (χ2n) is 6.67. The lowest BCUT2D eigenvalue weighted by Gasteiger charge is -2.23. The van der Waals surface area contributed by atoms with Gasteiger partial charge in [0.05, 0.1) is 11.7 Å². The van der Waals surface area contributed by atoms with Crippen LogP contribution in [0.2, 0.25) is 0 Å². The number of aryl methyl sites for hydroxylation is 2. The maximum absolute atomic E-state index is 13.2. The van der Waals surface area contributed by atoms with Gasteiger partial charge in [0, 0.05) is 29.3 Å². The van der Waals surface area contributed by atoms with Gasteiger partial charge in [-0.3, -0.25) is 0 Å². The van der Waals surface area contributed by atoms with Crippen LogP contribution in [-0.4, -0.2) is 22.1 Å². The number of methoxy groups -OCH3 is 1. The first kappa shape index (κ1) is 18.0. The molecular weight excluding hydrogens is 363 g/mol. The fourth-order valence-corrected chi connectivity index (χ4v) is 4.52. The van der Waals surface area contributed by atoms with Gasteiger partial charge in [0.25, 0.3) is 0 Å². The number of nitrogens with zero attached hydrogens (tertiary/aromatic N) is 3. The van der Waals surface area contributed by atoms with E-state index in [1.807, 2.05) is 13.0 Å². The molecule has 1 aromatic carbocycles. The van der Waals surface area contributed by atoms with Crippen LogP contribution in [-0.2, 0) is 17.8 Å². The fourth-order valence-electron chi connectivity index (χ4n) is 3.35. The Morgan fingerprint density at radius 2 is 2.04 bits per heavy atom. The van der Waals surface area contributed by atoms with Crippen molar-refractivity contribution in [3.8, 4) is 10.6 Å². The second-order valence-corrected chi connectivity index (χ2v) is 7.75. The van der Waals surface area contributed by atoms with Crippen LogP contribution >= 0.6 is 11.3 Å². The molecule has 0 bridgehead atoms. The zero-order valence-corrected chi connectivity index (χ0v) is 16.1. The van der Waals surface area contributed by atoms with Crippen molar-refractivity contribution in [1.29, 1.82) is 0 Å². The summed E-state index contributed by atoms with van der Waals surface area (Å²) in [6.45, 7) is 2.34. The number of aromatic nitrogens is 3. The third-order valence-corrected chi connectivity index (χ3v) is 5.72. The summed E-state index contributed by atoms with van der Waals surface area (Å²) in [5.41, 5.74) is 2.94. The van der Waals surface area contributed by atoms with Crippen LogP contribution in [0.1, 0.15) is 41.0 Å². The smallest absolute Gasteiger partial charge is 0.156 e. The molecule has 1 aliphatic rings. The lowest BCUT2D eigenvalue weighted by atomic mass is 9.97. The molecule has 5 nitrogen and oxygen atoms in total. The molecule has 7 heteroatoms. The van der Waals surface area contributed by atoms with E-state index in [-0.39, 0.29) is 11.9 Å². The monoisotopic (exact) mass is 384 g/mol. The molecule has 0 radical (unpaired) electrons. The number of fused-ring (bicyclic) bond motifs is 1. The first-order chi connectivity index (χ1) is 13.1. The molecule has 140 valence electrons. The zero-order valence-electron chi connectivity index (χ0n) is 15.3. The third-order valence-electron chi connectivity index (χ3n) is 4.54. The Balaban J connectivity index is 1.61. The Kier molecular flexibility index (Phi) is 5.13. The van der Waals surface area contributed by atoms with Gasteiger partial charge >= 0.3 is 0 Å². The number of anilines is 1. The van der Waals surface area contributed by atoms with Gasteiger partial charge in [-0.1, -0.05) is 0 Å². The minimum Gasteiger partial charge on any atom is -0.377 e. The molecule has 27 heavy (non-hydrogen) atoms. The van der Waals surface area contributed by atoms with Crippen molar-refractivity contribution in [3.63, 3.8) is 0 Å². The van der Waals surface area contributed by atoms with E-state index in [9.17, 15) is 4.39 Å². The maximum atomic E-state index is 13.2. The van der Waals surface area contributed by atoms with Crippen LogP contribution in [0.3, 0.4) is 0 Å². The number of halogens is 1. The molecule has 2 aromatic heterocycles. The maximum Gasteiger partial charge on any atom is 0.156 e. The first-order valence-corrected chi connectivity index (χ1v) is 9.79. The first-order valence-electron chi connectivity index (χ1n) is 8.98. The third kappa shape index (κ3) is 3.99. The van der Waals surface area contributed by atoms with Crippen molar-refractivity contribution in [3.05, 3.63) is 58.2 Å². The van der Waals surface area contributed by atoms with Crippen LogP contribution in [0.25, 0.3) is 10.6 Å². The Bertz CT molecular complexity index is 942. The van der Waals surface area contributed by atoms with Crippen molar-refractivity contribution in [2.45, 2.75) is 38.8 Å². The standard InChI is InChI=1S/C20H21FN4OS/c1-12-10-17(24-18(22-12)11-26-2)23-15-4-3-5-16-19(15)25-20(27-16)13-6-8-14(21)9-7-13/h6-10,15H,3-5,11H2,1-2H3,(H,22,23,24). The second kappa shape index (κ2) is 7.70. The predicted octanol–water partition coefficient (Wildman–Crippen LogP) is 4.68. The Morgan fingerprint density at radius 1 is 1.22 bits per heavy atom. The number of benzene rings is 1. The normalized spacial score (nSPS) is 16.2. The number of hydrogen-bond donors (Lipinski definition) is 1. The average Bonchev–Trinajstić information content (AvgIpc) is 3.07. The molecule has 4 rings (SSSR count). The highest BCUT2D eigenvalue weighted by Gasteiger charge is 2.25. The van der Waals surface area contributed by atoms with Crippen LogP contribution in [0.5, 0.6) is 0 Å². The van der Waals surface area contributed by atoms with Crippen LogP contribution in [0.15, 0.2) is 30.3 Å². The number of thiazole rings is 1. The molecule has 1 aliphatic carbocycles. The SMILES string of the molecule is COCc1nc(C)cc(NC2CCCc3sc(-c4ccc(F)cc4)nc32)n1. The van der Waals surface area contributed by atoms with Gasteiger partial charge in [-0.05, 0) is 50.5 Å². The summed E-state index contributed by atoms with van der Waals surface area (Å²) in [6, 6.07) is 8.59. The highest BCUT2D eigenvalue weighted by molar-refractivity contribution is 7.15. The summed E-state index contributed by atoms with van der Waals surface area (Å²) in [5, 5.41) is 4.47. The van der Waals surface area contributed by atoms with Crippen molar-refractivity contribution in [1.82, 2.24) is 15.0 Å². The molecule has 1 unspecified atom stereocenters. The summed E-state index contributed by atoms with van der Waals surface area (Å²) in [5.74, 6) is 1.23. The van der Waals surface area contributed by atoms with E-state index in [4.69, 9.17) is 9.72 Å². The summed E-state index contributed by atoms with van der Waals surface area (Å²) < 4.78 is 18.4. The van der Waals surface area contributed by atoms with Gasteiger partial charge in [-0.2, -0.15) is 0 Å². The number of ether oxygens (including phenoxy) is 1. The summed E-state index contributed by atoms with van der Waals surface area (Å²) in [4.78, 5) is 15.1. The zero-order chi connectivity index (χ0) is 18.8. The molecule has 0 aliphatic heterocycles. The van der Waals surface area contributed by atoms with Gasteiger partial charge in [0.15, 0.2) is 5.82 Å². The predicted molar refractivity (Wildman–Crippen MR) is 104 cm³/mol. The van der Waals surface area contributed by atoms with E-state index in [0.29, 0.717) is 12.4 Å². The van der Waals surface area contributed by atoms with Gasteiger partial charge < -0.3 is 10.1 Å². The summed E-state index contributed by atoms with van der Waals surface area (Å²) >= 11 is 1.70. The molecule has 1 N–H and O–H groups in total. The van der Waals surface area contributed by atoms with Crippen molar-refractivity contribution < 1.29 is 9.13 Å². The van der Waals surface area contributed by atoms with Gasteiger partial charge in [-0.25, -0.2) is 19.3 Å². The average molecular weight is 384 g/mol. The number of hydrogen-bond acceptors (Lipinski definition) is 6. The van der Waals surface area contributed by atoms with E-state index < -0.39 is 0 Å². The molecule has 0 spiro atoms. The Labute approximate surface area is 161 Å². The summed E-state index contributed by atoms with van der Waals surface area (Å²) in [6.07, 6.45) is 3.14. The molecule has 0 saturated heterocycles. The molecule has 3 aromatic rings. The minimum absolute atomic E-state index is 0.115. The highest BCUT2D eigenvalue weighted by Crippen LogP contribution is 2.38. The topological polar surface area (TPSA) is 59.9 Å². The fraction of sp³-hybridized carbons (Fsp3) is 0.350. The van der Waals surface area contributed by atoms with Crippen molar-refractivity contribution in [2.24, 2.45) is 0 Å². The van der Waals surface area contributed by atoms with Gasteiger partial charge in [-0.15, -0.1) is 11.3 Å². The lowest BCUT2D eigenvalue weighted by Crippen LogP contribution is -2.18. The molecule has 2 heterocycles. The number of rotatable bonds is 5. The van der Waals surface area contributed by atoms with E-state index in [1.54, 1.807) is 30.6 Å². The van der Waals surface area contributed by atoms with Crippen LogP contribution < -0.4 is 5.32 Å². The quantitative estimate of drug-likeness (QED) is 0.692. The van der Waals surface area contributed by atoms with Crippen molar-refractivity contribution in [2.75, 3.05) is 12.4 Å².